The zero-order chi connectivity index (χ0) is 16.5. The van der Waals surface area contributed by atoms with Gasteiger partial charge in [-0.15, -0.1) is 0 Å². The second-order valence-corrected chi connectivity index (χ2v) is 6.86. The Morgan fingerprint density at radius 3 is 1.36 bits per heavy atom. The molecule has 22 heavy (non-hydrogen) atoms. The number of rotatable bonds is 4. The predicted octanol–water partition coefficient (Wildman–Crippen LogP) is 3.31. The number of carbonyl (C=O) groups excluding carboxylic acids is 1. The second kappa shape index (κ2) is 5.67. The summed E-state index contributed by atoms with van der Waals surface area (Å²) in [6.45, 7) is 7.60. The third kappa shape index (κ3) is 3.26. The summed E-state index contributed by atoms with van der Waals surface area (Å²) in [5.41, 5.74) is 14.2. The molecule has 3 nitrogen and oxygen atoms in total. The van der Waals surface area contributed by atoms with E-state index in [1.165, 1.54) is 0 Å². The van der Waals surface area contributed by atoms with Gasteiger partial charge in [0, 0.05) is 22.2 Å². The number of carbonyl (C=O) groups is 1. The fraction of sp³-hybridized carbons (Fsp3) is 0.316. The van der Waals surface area contributed by atoms with E-state index in [1.54, 1.807) is 0 Å². The number of ketones is 1. The van der Waals surface area contributed by atoms with Crippen molar-refractivity contribution in [3.05, 3.63) is 70.8 Å². The van der Waals surface area contributed by atoms with Crippen LogP contribution in [0, 0.1) is 0 Å². The maximum Gasteiger partial charge on any atom is 0.193 e. The quantitative estimate of drug-likeness (QED) is 0.850. The second-order valence-electron chi connectivity index (χ2n) is 6.86. The van der Waals surface area contributed by atoms with Gasteiger partial charge in [0.2, 0.25) is 0 Å². The van der Waals surface area contributed by atoms with Crippen LogP contribution >= 0.6 is 0 Å². The Balaban J connectivity index is 2.61. The van der Waals surface area contributed by atoms with Gasteiger partial charge >= 0.3 is 0 Å². The van der Waals surface area contributed by atoms with Crippen molar-refractivity contribution in [3.8, 4) is 0 Å². The van der Waals surface area contributed by atoms with Crippen LogP contribution in [-0.2, 0) is 11.1 Å². The Bertz CT molecular complexity index is 632. The smallest absolute Gasteiger partial charge is 0.193 e. The first-order chi connectivity index (χ1) is 10.1. The molecular weight excluding hydrogens is 272 g/mol. The van der Waals surface area contributed by atoms with E-state index >= 15 is 0 Å². The monoisotopic (exact) mass is 296 g/mol. The average Bonchev–Trinajstić information content (AvgIpc) is 2.45. The lowest BCUT2D eigenvalue weighted by Gasteiger charge is -2.25. The van der Waals surface area contributed by atoms with Crippen molar-refractivity contribution >= 4 is 5.78 Å². The molecule has 0 bridgehead atoms. The molecule has 0 fully saturated rings. The molecule has 0 spiro atoms. The lowest BCUT2D eigenvalue weighted by atomic mass is 9.83. The van der Waals surface area contributed by atoms with E-state index < -0.39 is 11.1 Å². The van der Waals surface area contributed by atoms with Gasteiger partial charge in [0.25, 0.3) is 0 Å². The first-order valence-electron chi connectivity index (χ1n) is 7.44. The highest BCUT2D eigenvalue weighted by Gasteiger charge is 2.26. The summed E-state index contributed by atoms with van der Waals surface area (Å²) in [6, 6.07) is 15.0. The van der Waals surface area contributed by atoms with Gasteiger partial charge in [-0.3, -0.25) is 4.79 Å². The maximum atomic E-state index is 13.1. The number of nitrogens with two attached hydrogens (primary N) is 2. The Kier molecular flexibility index (Phi) is 4.23. The molecule has 3 heteroatoms. The molecular formula is C19H24N2O. The Morgan fingerprint density at radius 2 is 1.05 bits per heavy atom. The van der Waals surface area contributed by atoms with Crippen LogP contribution in [0.2, 0.25) is 0 Å². The van der Waals surface area contributed by atoms with E-state index in [0.29, 0.717) is 11.1 Å². The molecule has 0 saturated heterocycles. The SMILES string of the molecule is CC(C)(N)c1ccccc1C(=O)c1ccccc1C(C)(C)N. The van der Waals surface area contributed by atoms with Crippen LogP contribution in [0.4, 0.5) is 0 Å². The summed E-state index contributed by atoms with van der Waals surface area (Å²) in [5.74, 6) is -0.0387. The molecule has 2 aromatic rings. The number of hydrogen-bond donors (Lipinski definition) is 2. The van der Waals surface area contributed by atoms with E-state index in [4.69, 9.17) is 11.5 Å². The summed E-state index contributed by atoms with van der Waals surface area (Å²) < 4.78 is 0. The summed E-state index contributed by atoms with van der Waals surface area (Å²) in [4.78, 5) is 13.1. The highest BCUT2D eigenvalue weighted by Crippen LogP contribution is 2.27. The van der Waals surface area contributed by atoms with Crippen LogP contribution in [-0.4, -0.2) is 5.78 Å². The molecule has 0 atom stereocenters. The van der Waals surface area contributed by atoms with Crippen molar-refractivity contribution in [2.45, 2.75) is 38.8 Å². The lowest BCUT2D eigenvalue weighted by molar-refractivity contribution is 0.103. The van der Waals surface area contributed by atoms with Crippen LogP contribution in [0.1, 0.15) is 54.7 Å². The molecule has 0 amide bonds. The summed E-state index contributed by atoms with van der Waals surface area (Å²) in [6.07, 6.45) is 0. The summed E-state index contributed by atoms with van der Waals surface area (Å²) >= 11 is 0. The molecule has 0 saturated carbocycles. The minimum atomic E-state index is -0.584. The minimum Gasteiger partial charge on any atom is -0.322 e. The van der Waals surface area contributed by atoms with E-state index in [0.717, 1.165) is 11.1 Å². The average molecular weight is 296 g/mol. The van der Waals surface area contributed by atoms with Crippen molar-refractivity contribution in [3.63, 3.8) is 0 Å². The van der Waals surface area contributed by atoms with Crippen LogP contribution < -0.4 is 11.5 Å². The van der Waals surface area contributed by atoms with Crippen molar-refractivity contribution in [1.29, 1.82) is 0 Å². The van der Waals surface area contributed by atoms with E-state index in [1.807, 2.05) is 76.2 Å². The topological polar surface area (TPSA) is 69.1 Å². The molecule has 2 aromatic carbocycles. The van der Waals surface area contributed by atoms with Gasteiger partial charge in [-0.05, 0) is 38.8 Å². The Labute approximate surface area is 132 Å². The highest BCUT2D eigenvalue weighted by atomic mass is 16.1. The normalized spacial score (nSPS) is 12.3. The zero-order valence-electron chi connectivity index (χ0n) is 13.7. The first-order valence-corrected chi connectivity index (χ1v) is 7.44. The fourth-order valence-electron chi connectivity index (χ4n) is 2.63. The fourth-order valence-corrected chi connectivity index (χ4v) is 2.63. The molecule has 2 rings (SSSR count). The van der Waals surface area contributed by atoms with Crippen molar-refractivity contribution < 1.29 is 4.79 Å². The minimum absolute atomic E-state index is 0.0387. The van der Waals surface area contributed by atoms with Crippen LogP contribution in [0.15, 0.2) is 48.5 Å². The van der Waals surface area contributed by atoms with Crippen molar-refractivity contribution in [1.82, 2.24) is 0 Å². The predicted molar refractivity (Wildman–Crippen MR) is 90.7 cm³/mol. The van der Waals surface area contributed by atoms with E-state index in [-0.39, 0.29) is 5.78 Å². The maximum absolute atomic E-state index is 13.1. The van der Waals surface area contributed by atoms with Crippen molar-refractivity contribution in [2.24, 2.45) is 11.5 Å². The molecule has 4 N–H and O–H groups in total. The molecule has 116 valence electrons. The van der Waals surface area contributed by atoms with Gasteiger partial charge in [-0.2, -0.15) is 0 Å². The largest absolute Gasteiger partial charge is 0.322 e. The molecule has 0 aliphatic heterocycles. The third-order valence-electron chi connectivity index (χ3n) is 3.73. The van der Waals surface area contributed by atoms with Gasteiger partial charge in [-0.1, -0.05) is 48.5 Å². The highest BCUT2D eigenvalue weighted by molar-refractivity contribution is 6.11. The van der Waals surface area contributed by atoms with Crippen LogP contribution in [0.3, 0.4) is 0 Å². The van der Waals surface area contributed by atoms with E-state index in [2.05, 4.69) is 0 Å². The van der Waals surface area contributed by atoms with E-state index in [9.17, 15) is 4.79 Å². The van der Waals surface area contributed by atoms with Crippen LogP contribution in [0.25, 0.3) is 0 Å². The van der Waals surface area contributed by atoms with Gasteiger partial charge in [0.1, 0.15) is 0 Å². The van der Waals surface area contributed by atoms with Gasteiger partial charge in [0.15, 0.2) is 5.78 Å². The Hall–Kier alpha value is -1.97. The molecule has 0 heterocycles. The molecule has 0 radical (unpaired) electrons. The summed E-state index contributed by atoms with van der Waals surface area (Å²) in [7, 11) is 0. The lowest BCUT2D eigenvalue weighted by Crippen LogP contribution is -2.33. The molecule has 0 aliphatic carbocycles. The van der Waals surface area contributed by atoms with Crippen molar-refractivity contribution in [2.75, 3.05) is 0 Å². The number of hydrogen-bond acceptors (Lipinski definition) is 3. The van der Waals surface area contributed by atoms with Gasteiger partial charge in [-0.25, -0.2) is 0 Å². The Morgan fingerprint density at radius 1 is 0.727 bits per heavy atom. The van der Waals surface area contributed by atoms with Gasteiger partial charge < -0.3 is 11.5 Å². The summed E-state index contributed by atoms with van der Waals surface area (Å²) in [5, 5.41) is 0. The molecule has 0 aliphatic rings. The molecule has 0 aromatic heterocycles. The number of benzene rings is 2. The van der Waals surface area contributed by atoms with Crippen LogP contribution in [0.5, 0.6) is 0 Å². The third-order valence-corrected chi connectivity index (χ3v) is 3.73. The standard InChI is InChI=1S/C19H24N2O/c1-18(2,20)15-11-7-5-9-13(15)17(22)14-10-6-8-12-16(14)19(3,4)21/h5-12H,20-21H2,1-4H3. The molecule has 0 unspecified atom stereocenters. The first kappa shape index (κ1) is 16.4. The van der Waals surface area contributed by atoms with Gasteiger partial charge in [0.05, 0.1) is 0 Å². The zero-order valence-corrected chi connectivity index (χ0v) is 13.7.